The van der Waals surface area contributed by atoms with Crippen LogP contribution in [0.25, 0.3) is 11.1 Å². The van der Waals surface area contributed by atoms with E-state index in [1.165, 1.54) is 12.1 Å². The first kappa shape index (κ1) is 20.4. The number of carbonyl (C=O) groups is 1. The smallest absolute Gasteiger partial charge is 0.345 e. The molecular formula is C18H20N2O6S. The molecule has 27 heavy (non-hydrogen) atoms. The second-order valence-corrected chi connectivity index (χ2v) is 8.69. The van der Waals surface area contributed by atoms with Crippen molar-refractivity contribution in [1.29, 1.82) is 0 Å². The predicted molar refractivity (Wildman–Crippen MR) is 102 cm³/mol. The first-order valence-corrected chi connectivity index (χ1v) is 9.85. The fraction of sp³-hybridized carbons (Fsp3) is 0.278. The second kappa shape index (κ2) is 7.36. The average Bonchev–Trinajstić information content (AvgIpc) is 2.52. The van der Waals surface area contributed by atoms with Crippen LogP contribution in [0.15, 0.2) is 42.5 Å². The van der Waals surface area contributed by atoms with Gasteiger partial charge >= 0.3 is 5.97 Å². The van der Waals surface area contributed by atoms with Gasteiger partial charge in [0.25, 0.3) is 5.69 Å². The molecule has 2 aromatic rings. The lowest BCUT2D eigenvalue weighted by atomic mass is 10.0. The van der Waals surface area contributed by atoms with Gasteiger partial charge in [-0.25, -0.2) is 13.2 Å². The van der Waals surface area contributed by atoms with E-state index in [9.17, 15) is 23.3 Å². The zero-order valence-electron chi connectivity index (χ0n) is 15.3. The molecule has 0 saturated carbocycles. The van der Waals surface area contributed by atoms with Crippen molar-refractivity contribution in [3.05, 3.63) is 58.1 Å². The lowest BCUT2D eigenvalue weighted by Crippen LogP contribution is -2.24. The monoisotopic (exact) mass is 392 g/mol. The van der Waals surface area contributed by atoms with E-state index in [0.29, 0.717) is 16.8 Å². The van der Waals surface area contributed by atoms with Crippen molar-refractivity contribution in [1.82, 2.24) is 0 Å². The lowest BCUT2D eigenvalue weighted by Gasteiger charge is -2.19. The summed E-state index contributed by atoms with van der Waals surface area (Å²) in [6.45, 7) is 5.03. The molecule has 0 atom stereocenters. The largest absolute Gasteiger partial charge is 0.456 e. The van der Waals surface area contributed by atoms with Crippen molar-refractivity contribution in [2.45, 2.75) is 26.4 Å². The van der Waals surface area contributed by atoms with Crippen molar-refractivity contribution < 1.29 is 22.9 Å². The Hall–Kier alpha value is -2.94. The number of hydrogen-bond acceptors (Lipinski definition) is 6. The van der Waals surface area contributed by atoms with Crippen LogP contribution in [0.3, 0.4) is 0 Å². The lowest BCUT2D eigenvalue weighted by molar-refractivity contribution is -0.385. The van der Waals surface area contributed by atoms with Crippen LogP contribution < -0.4 is 4.72 Å². The van der Waals surface area contributed by atoms with Gasteiger partial charge in [0.2, 0.25) is 10.0 Å². The standard InChI is InChI=1S/C18H20N2O6S/c1-18(2,3)26-17(21)15-10-7-13(11-16(15)20(22)23)12-5-8-14(9-6-12)19-27(4,24)25/h5-11,19H,1-4H3. The Labute approximate surface area is 157 Å². The number of nitro groups is 1. The first-order valence-electron chi connectivity index (χ1n) is 7.96. The molecule has 8 nitrogen and oxygen atoms in total. The maximum Gasteiger partial charge on any atom is 0.345 e. The minimum atomic E-state index is -3.39. The average molecular weight is 392 g/mol. The Balaban J connectivity index is 2.38. The molecule has 0 unspecified atom stereocenters. The molecule has 0 aliphatic rings. The van der Waals surface area contributed by atoms with Gasteiger partial charge in [0.05, 0.1) is 11.2 Å². The predicted octanol–water partition coefficient (Wildman–Crippen LogP) is 3.59. The zero-order chi connectivity index (χ0) is 20.4. The van der Waals surface area contributed by atoms with E-state index in [1.807, 2.05) is 0 Å². The Bertz CT molecular complexity index is 976. The minimum Gasteiger partial charge on any atom is -0.456 e. The van der Waals surface area contributed by atoms with Gasteiger partial charge in [0.15, 0.2) is 0 Å². The number of nitrogens with zero attached hydrogens (tertiary/aromatic N) is 1. The summed E-state index contributed by atoms with van der Waals surface area (Å²) in [5.41, 5.74) is 0.259. The Kier molecular flexibility index (Phi) is 5.55. The number of carbonyl (C=O) groups excluding carboxylic acids is 1. The SMILES string of the molecule is CC(C)(C)OC(=O)c1ccc(-c2ccc(NS(C)(=O)=O)cc2)cc1[N+](=O)[O-]. The molecule has 2 rings (SSSR count). The summed E-state index contributed by atoms with van der Waals surface area (Å²) in [5, 5.41) is 11.4. The van der Waals surface area contributed by atoms with Gasteiger partial charge in [0, 0.05) is 11.8 Å². The van der Waals surface area contributed by atoms with Gasteiger partial charge in [-0.2, -0.15) is 0 Å². The van der Waals surface area contributed by atoms with E-state index < -0.39 is 26.5 Å². The van der Waals surface area contributed by atoms with E-state index in [-0.39, 0.29) is 11.3 Å². The Morgan fingerprint density at radius 3 is 2.11 bits per heavy atom. The Morgan fingerprint density at radius 2 is 1.63 bits per heavy atom. The summed E-state index contributed by atoms with van der Waals surface area (Å²) in [7, 11) is -3.39. The molecule has 0 fully saturated rings. The fourth-order valence-electron chi connectivity index (χ4n) is 2.31. The van der Waals surface area contributed by atoms with Crippen molar-refractivity contribution in [2.24, 2.45) is 0 Å². The minimum absolute atomic E-state index is 0.131. The molecule has 9 heteroatoms. The number of ether oxygens (including phenoxy) is 1. The van der Waals surface area contributed by atoms with Crippen LogP contribution in [0, 0.1) is 10.1 Å². The van der Waals surface area contributed by atoms with E-state index in [4.69, 9.17) is 4.74 Å². The molecule has 0 spiro atoms. The number of hydrogen-bond donors (Lipinski definition) is 1. The molecule has 2 aromatic carbocycles. The number of esters is 1. The summed E-state index contributed by atoms with van der Waals surface area (Å²) in [4.78, 5) is 23.0. The van der Waals surface area contributed by atoms with Gasteiger partial charge in [-0.1, -0.05) is 18.2 Å². The number of rotatable bonds is 5. The van der Waals surface area contributed by atoms with Crippen molar-refractivity contribution >= 4 is 27.4 Å². The third-order valence-electron chi connectivity index (χ3n) is 3.33. The first-order chi connectivity index (χ1) is 12.4. The normalized spacial score (nSPS) is 11.7. The molecule has 0 radical (unpaired) electrons. The van der Waals surface area contributed by atoms with Crippen LogP contribution in [0.1, 0.15) is 31.1 Å². The summed E-state index contributed by atoms with van der Waals surface area (Å²) in [5.74, 6) is -0.770. The van der Waals surface area contributed by atoms with Crippen LogP contribution in [-0.2, 0) is 14.8 Å². The third-order valence-corrected chi connectivity index (χ3v) is 3.94. The molecule has 1 N–H and O–H groups in total. The topological polar surface area (TPSA) is 116 Å². The highest BCUT2D eigenvalue weighted by molar-refractivity contribution is 7.92. The van der Waals surface area contributed by atoms with E-state index in [1.54, 1.807) is 51.1 Å². The molecular weight excluding hydrogens is 372 g/mol. The maximum atomic E-state index is 12.2. The Morgan fingerprint density at radius 1 is 1.07 bits per heavy atom. The molecule has 0 amide bonds. The molecule has 0 aromatic heterocycles. The highest BCUT2D eigenvalue weighted by atomic mass is 32.2. The van der Waals surface area contributed by atoms with Gasteiger partial charge < -0.3 is 4.74 Å². The summed E-state index contributed by atoms with van der Waals surface area (Å²) < 4.78 is 30.0. The van der Waals surface area contributed by atoms with Crippen LogP contribution in [-0.4, -0.2) is 31.2 Å². The molecule has 0 aliphatic heterocycles. The summed E-state index contributed by atoms with van der Waals surface area (Å²) in [6, 6.07) is 10.6. The van der Waals surface area contributed by atoms with E-state index >= 15 is 0 Å². The number of benzene rings is 2. The summed E-state index contributed by atoms with van der Waals surface area (Å²) in [6.07, 6.45) is 1.04. The number of sulfonamides is 1. The molecule has 0 aliphatic carbocycles. The number of nitro benzene ring substituents is 1. The highest BCUT2D eigenvalue weighted by Gasteiger charge is 2.26. The molecule has 0 saturated heterocycles. The fourth-order valence-corrected chi connectivity index (χ4v) is 2.88. The van der Waals surface area contributed by atoms with Gasteiger partial charge in [-0.15, -0.1) is 0 Å². The van der Waals surface area contributed by atoms with Crippen molar-refractivity contribution in [3.8, 4) is 11.1 Å². The van der Waals surface area contributed by atoms with E-state index in [2.05, 4.69) is 4.72 Å². The third kappa shape index (κ3) is 5.78. The quantitative estimate of drug-likeness (QED) is 0.472. The van der Waals surface area contributed by atoms with Crippen molar-refractivity contribution in [3.63, 3.8) is 0 Å². The van der Waals surface area contributed by atoms with Gasteiger partial charge in [-0.3, -0.25) is 14.8 Å². The maximum absolute atomic E-state index is 12.2. The molecule has 0 heterocycles. The second-order valence-electron chi connectivity index (χ2n) is 6.94. The zero-order valence-corrected chi connectivity index (χ0v) is 16.2. The van der Waals surface area contributed by atoms with Crippen molar-refractivity contribution in [2.75, 3.05) is 11.0 Å². The van der Waals surface area contributed by atoms with Crippen LogP contribution >= 0.6 is 0 Å². The number of nitrogens with one attached hydrogen (secondary N) is 1. The van der Waals surface area contributed by atoms with Gasteiger partial charge in [0.1, 0.15) is 11.2 Å². The summed E-state index contributed by atoms with van der Waals surface area (Å²) >= 11 is 0. The number of anilines is 1. The van der Waals surface area contributed by atoms with Crippen LogP contribution in [0.5, 0.6) is 0 Å². The highest BCUT2D eigenvalue weighted by Crippen LogP contribution is 2.29. The van der Waals surface area contributed by atoms with Gasteiger partial charge in [-0.05, 0) is 50.1 Å². The van der Waals surface area contributed by atoms with Crippen LogP contribution in [0.2, 0.25) is 0 Å². The molecule has 0 bridgehead atoms. The molecule has 144 valence electrons. The van der Waals surface area contributed by atoms with E-state index in [0.717, 1.165) is 6.26 Å². The van der Waals surface area contributed by atoms with Crippen LogP contribution in [0.4, 0.5) is 11.4 Å².